The monoisotopic (exact) mass is 259 g/mol. The van der Waals surface area contributed by atoms with E-state index in [1.165, 1.54) is 17.8 Å². The maximum Gasteiger partial charge on any atom is 0.111 e. The lowest BCUT2D eigenvalue weighted by atomic mass is 9.96. The summed E-state index contributed by atoms with van der Waals surface area (Å²) in [6, 6.07) is 8.90. The SMILES string of the molecule is CCC(C)C(Cc1nc2ccccc2n1CC)NC. The number of imidazole rings is 1. The molecule has 2 atom stereocenters. The first-order chi connectivity index (χ1) is 9.21. The maximum absolute atomic E-state index is 4.81. The second-order valence-electron chi connectivity index (χ2n) is 5.25. The molecule has 0 bridgehead atoms. The van der Waals surface area contributed by atoms with Crippen LogP contribution < -0.4 is 5.32 Å². The van der Waals surface area contributed by atoms with Gasteiger partial charge in [0.05, 0.1) is 11.0 Å². The normalized spacial score (nSPS) is 14.7. The Morgan fingerprint density at radius 3 is 2.63 bits per heavy atom. The minimum atomic E-state index is 0.493. The highest BCUT2D eigenvalue weighted by atomic mass is 15.1. The molecule has 0 aliphatic heterocycles. The molecule has 2 aromatic rings. The van der Waals surface area contributed by atoms with E-state index in [0.717, 1.165) is 18.5 Å². The van der Waals surface area contributed by atoms with Crippen LogP contribution in [0, 0.1) is 5.92 Å². The van der Waals surface area contributed by atoms with Crippen molar-refractivity contribution in [2.24, 2.45) is 5.92 Å². The Balaban J connectivity index is 2.33. The third-order valence-corrected chi connectivity index (χ3v) is 4.15. The fourth-order valence-corrected chi connectivity index (χ4v) is 2.70. The molecule has 1 heterocycles. The van der Waals surface area contributed by atoms with E-state index < -0.39 is 0 Å². The minimum Gasteiger partial charge on any atom is -0.328 e. The summed E-state index contributed by atoms with van der Waals surface area (Å²) >= 11 is 0. The average Bonchev–Trinajstić information content (AvgIpc) is 2.80. The van der Waals surface area contributed by atoms with Gasteiger partial charge in [-0.3, -0.25) is 0 Å². The average molecular weight is 259 g/mol. The summed E-state index contributed by atoms with van der Waals surface area (Å²) in [6.07, 6.45) is 2.19. The zero-order valence-electron chi connectivity index (χ0n) is 12.5. The first kappa shape index (κ1) is 14.1. The van der Waals surface area contributed by atoms with E-state index in [2.05, 4.69) is 62.0 Å². The predicted molar refractivity (Wildman–Crippen MR) is 81.4 cm³/mol. The molecule has 0 fully saturated rings. The Bertz CT molecular complexity index is 530. The van der Waals surface area contributed by atoms with E-state index in [1.54, 1.807) is 0 Å². The van der Waals surface area contributed by atoms with Gasteiger partial charge in [0.2, 0.25) is 0 Å². The molecule has 2 rings (SSSR count). The van der Waals surface area contributed by atoms with Crippen molar-refractivity contribution in [3.05, 3.63) is 30.1 Å². The summed E-state index contributed by atoms with van der Waals surface area (Å²) in [5.74, 6) is 1.86. The Morgan fingerprint density at radius 1 is 1.26 bits per heavy atom. The Hall–Kier alpha value is -1.35. The number of fused-ring (bicyclic) bond motifs is 1. The van der Waals surface area contributed by atoms with Crippen LogP contribution in [0.25, 0.3) is 11.0 Å². The molecule has 1 aromatic heterocycles. The van der Waals surface area contributed by atoms with Crippen molar-refractivity contribution in [1.82, 2.24) is 14.9 Å². The number of nitrogens with one attached hydrogen (secondary N) is 1. The zero-order chi connectivity index (χ0) is 13.8. The van der Waals surface area contributed by atoms with Crippen LogP contribution in [-0.2, 0) is 13.0 Å². The van der Waals surface area contributed by atoms with Gasteiger partial charge in [0.1, 0.15) is 5.82 Å². The molecule has 3 nitrogen and oxygen atoms in total. The third-order valence-electron chi connectivity index (χ3n) is 4.15. The van der Waals surface area contributed by atoms with Crippen molar-refractivity contribution in [3.63, 3.8) is 0 Å². The number of para-hydroxylation sites is 2. The molecule has 0 radical (unpaired) electrons. The van der Waals surface area contributed by atoms with Crippen molar-refractivity contribution < 1.29 is 0 Å². The van der Waals surface area contributed by atoms with Crippen molar-refractivity contribution in [1.29, 1.82) is 0 Å². The molecular weight excluding hydrogens is 234 g/mol. The Labute approximate surface area is 116 Å². The lowest BCUT2D eigenvalue weighted by Crippen LogP contribution is -2.34. The lowest BCUT2D eigenvalue weighted by Gasteiger charge is -2.22. The molecule has 0 aliphatic carbocycles. The number of benzene rings is 1. The highest BCUT2D eigenvalue weighted by Crippen LogP contribution is 2.19. The van der Waals surface area contributed by atoms with E-state index in [9.17, 15) is 0 Å². The van der Waals surface area contributed by atoms with Crippen LogP contribution in [0.2, 0.25) is 0 Å². The molecule has 0 saturated carbocycles. The van der Waals surface area contributed by atoms with E-state index in [0.29, 0.717) is 12.0 Å². The van der Waals surface area contributed by atoms with E-state index in [4.69, 9.17) is 4.98 Å². The summed E-state index contributed by atoms with van der Waals surface area (Å²) in [5, 5.41) is 3.44. The van der Waals surface area contributed by atoms with Crippen molar-refractivity contribution in [2.45, 2.75) is 46.2 Å². The fourth-order valence-electron chi connectivity index (χ4n) is 2.70. The number of aryl methyl sites for hydroxylation is 1. The molecule has 0 aliphatic rings. The van der Waals surface area contributed by atoms with Gasteiger partial charge in [0, 0.05) is 19.0 Å². The number of nitrogens with zero attached hydrogens (tertiary/aromatic N) is 2. The van der Waals surface area contributed by atoms with Crippen molar-refractivity contribution in [2.75, 3.05) is 7.05 Å². The molecule has 0 spiro atoms. The summed E-state index contributed by atoms with van der Waals surface area (Å²) in [4.78, 5) is 4.81. The van der Waals surface area contributed by atoms with Crippen LogP contribution in [0.3, 0.4) is 0 Å². The topological polar surface area (TPSA) is 29.9 Å². The quantitative estimate of drug-likeness (QED) is 0.863. The molecular formula is C16H25N3. The fraction of sp³-hybridized carbons (Fsp3) is 0.562. The van der Waals surface area contributed by atoms with Gasteiger partial charge in [-0.15, -0.1) is 0 Å². The summed E-state index contributed by atoms with van der Waals surface area (Å²) in [6.45, 7) is 7.72. The number of aromatic nitrogens is 2. The van der Waals surface area contributed by atoms with Gasteiger partial charge in [-0.1, -0.05) is 32.4 Å². The maximum atomic E-state index is 4.81. The van der Waals surface area contributed by atoms with Gasteiger partial charge in [-0.05, 0) is 32.0 Å². The first-order valence-electron chi connectivity index (χ1n) is 7.32. The van der Waals surface area contributed by atoms with Crippen molar-refractivity contribution in [3.8, 4) is 0 Å². The zero-order valence-corrected chi connectivity index (χ0v) is 12.5. The van der Waals surface area contributed by atoms with Gasteiger partial charge in [-0.2, -0.15) is 0 Å². The van der Waals surface area contributed by atoms with E-state index >= 15 is 0 Å². The van der Waals surface area contributed by atoms with Gasteiger partial charge in [0.15, 0.2) is 0 Å². The van der Waals surface area contributed by atoms with Gasteiger partial charge in [0.25, 0.3) is 0 Å². The van der Waals surface area contributed by atoms with Crippen LogP contribution in [0.15, 0.2) is 24.3 Å². The van der Waals surface area contributed by atoms with E-state index in [1.807, 2.05) is 0 Å². The number of likely N-dealkylation sites (N-methyl/N-ethyl adjacent to an activating group) is 1. The van der Waals surface area contributed by atoms with Crippen LogP contribution >= 0.6 is 0 Å². The predicted octanol–water partition coefficient (Wildman–Crippen LogP) is 3.23. The molecule has 0 saturated heterocycles. The molecule has 104 valence electrons. The second-order valence-corrected chi connectivity index (χ2v) is 5.25. The van der Waals surface area contributed by atoms with Crippen LogP contribution in [0.5, 0.6) is 0 Å². The molecule has 1 aromatic carbocycles. The smallest absolute Gasteiger partial charge is 0.111 e. The molecule has 19 heavy (non-hydrogen) atoms. The Kier molecular flexibility index (Phi) is 4.59. The van der Waals surface area contributed by atoms with E-state index in [-0.39, 0.29) is 0 Å². The molecule has 2 unspecified atom stereocenters. The van der Waals surface area contributed by atoms with Crippen molar-refractivity contribution >= 4 is 11.0 Å². The van der Waals surface area contributed by atoms with Gasteiger partial charge in [-0.25, -0.2) is 4.98 Å². The largest absolute Gasteiger partial charge is 0.328 e. The Morgan fingerprint density at radius 2 is 2.00 bits per heavy atom. The molecule has 0 amide bonds. The highest BCUT2D eigenvalue weighted by Gasteiger charge is 2.18. The lowest BCUT2D eigenvalue weighted by molar-refractivity contribution is 0.377. The van der Waals surface area contributed by atoms with Crippen LogP contribution in [0.1, 0.15) is 33.0 Å². The number of hydrogen-bond donors (Lipinski definition) is 1. The number of hydrogen-bond acceptors (Lipinski definition) is 2. The summed E-state index contributed by atoms with van der Waals surface area (Å²) in [5.41, 5.74) is 2.36. The number of rotatable bonds is 6. The highest BCUT2D eigenvalue weighted by molar-refractivity contribution is 5.75. The second kappa shape index (κ2) is 6.20. The standard InChI is InChI=1S/C16H25N3/c1-5-12(3)14(17-4)11-16-18-13-9-7-8-10-15(13)19(16)6-2/h7-10,12,14,17H,5-6,11H2,1-4H3. The molecule has 3 heteroatoms. The summed E-state index contributed by atoms with van der Waals surface area (Å²) in [7, 11) is 2.05. The molecule has 1 N–H and O–H groups in total. The van der Waals surface area contributed by atoms with Crippen LogP contribution in [0.4, 0.5) is 0 Å². The third kappa shape index (κ3) is 2.81. The minimum absolute atomic E-state index is 0.493. The first-order valence-corrected chi connectivity index (χ1v) is 7.32. The van der Waals surface area contributed by atoms with Crippen LogP contribution in [-0.4, -0.2) is 22.6 Å². The van der Waals surface area contributed by atoms with Gasteiger partial charge < -0.3 is 9.88 Å². The van der Waals surface area contributed by atoms with Gasteiger partial charge >= 0.3 is 0 Å². The summed E-state index contributed by atoms with van der Waals surface area (Å²) < 4.78 is 2.34.